The lowest BCUT2D eigenvalue weighted by atomic mass is 10.1. The molecule has 0 fully saturated rings. The number of nitrogens with zero attached hydrogens (tertiary/aromatic N) is 2. The molecule has 0 atom stereocenters. The van der Waals surface area contributed by atoms with Gasteiger partial charge in [-0.05, 0) is 45.9 Å². The van der Waals surface area contributed by atoms with E-state index in [0.29, 0.717) is 12.0 Å². The van der Waals surface area contributed by atoms with Crippen molar-refractivity contribution in [3.63, 3.8) is 0 Å². The van der Waals surface area contributed by atoms with Crippen molar-refractivity contribution in [3.05, 3.63) is 50.4 Å². The summed E-state index contributed by atoms with van der Waals surface area (Å²) in [6.07, 6.45) is 0.632. The van der Waals surface area contributed by atoms with Crippen molar-refractivity contribution in [1.29, 1.82) is 0 Å². The van der Waals surface area contributed by atoms with Gasteiger partial charge in [-0.3, -0.25) is 4.79 Å². The van der Waals surface area contributed by atoms with Crippen LogP contribution in [0.2, 0.25) is 0 Å². The molecule has 0 saturated carbocycles. The van der Waals surface area contributed by atoms with Crippen LogP contribution in [0.5, 0.6) is 5.75 Å². The van der Waals surface area contributed by atoms with E-state index in [2.05, 4.69) is 10.4 Å². The van der Waals surface area contributed by atoms with Gasteiger partial charge in [-0.1, -0.05) is 0 Å². The SMILES string of the molecule is Cc1nc(C)c(-c2csc(Cc3cc(C(N)=O)ccc3OC(C)C)n2)s1. The van der Waals surface area contributed by atoms with Gasteiger partial charge < -0.3 is 10.5 Å². The molecule has 0 saturated heterocycles. The Labute approximate surface area is 160 Å². The van der Waals surface area contributed by atoms with Gasteiger partial charge in [-0.2, -0.15) is 0 Å². The van der Waals surface area contributed by atoms with Crippen LogP contribution in [0.1, 0.15) is 45.5 Å². The van der Waals surface area contributed by atoms with Crippen molar-refractivity contribution < 1.29 is 9.53 Å². The Balaban J connectivity index is 1.91. The Morgan fingerprint density at radius 1 is 1.27 bits per heavy atom. The van der Waals surface area contributed by atoms with Gasteiger partial charge in [-0.15, -0.1) is 22.7 Å². The monoisotopic (exact) mass is 387 g/mol. The summed E-state index contributed by atoms with van der Waals surface area (Å²) in [5.41, 5.74) is 8.77. The Hall–Kier alpha value is -2.25. The lowest BCUT2D eigenvalue weighted by molar-refractivity contribution is 0.1000. The number of nitrogens with two attached hydrogens (primary N) is 1. The highest BCUT2D eigenvalue weighted by atomic mass is 32.1. The first-order chi connectivity index (χ1) is 12.3. The van der Waals surface area contributed by atoms with Gasteiger partial charge in [0, 0.05) is 22.9 Å². The van der Waals surface area contributed by atoms with Crippen molar-refractivity contribution >= 4 is 28.6 Å². The predicted molar refractivity (Wildman–Crippen MR) is 106 cm³/mol. The number of hydrogen-bond donors (Lipinski definition) is 1. The van der Waals surface area contributed by atoms with Gasteiger partial charge >= 0.3 is 0 Å². The third-order valence-electron chi connectivity index (χ3n) is 3.74. The number of amides is 1. The summed E-state index contributed by atoms with van der Waals surface area (Å²) >= 11 is 3.25. The highest BCUT2D eigenvalue weighted by molar-refractivity contribution is 7.15. The molecule has 2 aromatic heterocycles. The highest BCUT2D eigenvalue weighted by Gasteiger charge is 2.15. The fourth-order valence-electron chi connectivity index (χ4n) is 2.67. The molecule has 0 spiro atoms. The number of thiazole rings is 2. The number of rotatable bonds is 6. The molecule has 136 valence electrons. The fraction of sp³-hybridized carbons (Fsp3) is 0.316. The van der Waals surface area contributed by atoms with E-state index in [1.165, 1.54) is 0 Å². The largest absolute Gasteiger partial charge is 0.491 e. The molecule has 0 aliphatic rings. The van der Waals surface area contributed by atoms with Crippen LogP contribution in [0.15, 0.2) is 23.6 Å². The fourth-order valence-corrected chi connectivity index (χ4v) is 4.43. The summed E-state index contributed by atoms with van der Waals surface area (Å²) in [6.45, 7) is 7.95. The van der Waals surface area contributed by atoms with Gasteiger partial charge in [0.25, 0.3) is 0 Å². The summed E-state index contributed by atoms with van der Waals surface area (Å²) in [5.74, 6) is 0.310. The van der Waals surface area contributed by atoms with Crippen molar-refractivity contribution in [3.8, 4) is 16.3 Å². The first kappa shape index (κ1) is 18.5. The van der Waals surface area contributed by atoms with Gasteiger partial charge in [0.1, 0.15) is 5.75 Å². The van der Waals surface area contributed by atoms with E-state index < -0.39 is 5.91 Å². The zero-order valence-electron chi connectivity index (χ0n) is 15.2. The van der Waals surface area contributed by atoms with E-state index in [1.54, 1.807) is 40.9 Å². The molecule has 2 N–H and O–H groups in total. The third-order valence-corrected chi connectivity index (χ3v) is 5.68. The van der Waals surface area contributed by atoms with E-state index in [4.69, 9.17) is 15.5 Å². The van der Waals surface area contributed by atoms with Crippen molar-refractivity contribution in [2.45, 2.75) is 40.2 Å². The quantitative estimate of drug-likeness (QED) is 0.682. The number of ether oxygens (including phenoxy) is 1. The number of benzene rings is 1. The van der Waals surface area contributed by atoms with Crippen LogP contribution in [-0.4, -0.2) is 22.0 Å². The van der Waals surface area contributed by atoms with Gasteiger partial charge in [0.05, 0.1) is 32.4 Å². The summed E-state index contributed by atoms with van der Waals surface area (Å²) in [4.78, 5) is 21.9. The number of aryl methyl sites for hydroxylation is 2. The van der Waals surface area contributed by atoms with Crippen LogP contribution in [0.25, 0.3) is 10.6 Å². The number of hydrogen-bond acceptors (Lipinski definition) is 6. The number of carbonyl (C=O) groups is 1. The summed E-state index contributed by atoms with van der Waals surface area (Å²) in [6, 6.07) is 5.30. The van der Waals surface area contributed by atoms with E-state index in [-0.39, 0.29) is 6.10 Å². The second-order valence-electron chi connectivity index (χ2n) is 6.30. The van der Waals surface area contributed by atoms with Crippen LogP contribution < -0.4 is 10.5 Å². The molecule has 3 aromatic rings. The standard InChI is InChI=1S/C19H21N3O2S2/c1-10(2)24-16-6-5-13(19(20)23)7-14(16)8-17-22-15(9-25-17)18-11(3)21-12(4)26-18/h5-7,9-10H,8H2,1-4H3,(H2,20,23). The Morgan fingerprint density at radius 3 is 2.65 bits per heavy atom. The number of aromatic nitrogens is 2. The van der Waals surface area contributed by atoms with E-state index in [1.807, 2.05) is 27.7 Å². The molecule has 0 aliphatic heterocycles. The minimum Gasteiger partial charge on any atom is -0.491 e. The van der Waals surface area contributed by atoms with Gasteiger partial charge in [0.2, 0.25) is 5.91 Å². The average molecular weight is 388 g/mol. The number of carbonyl (C=O) groups excluding carboxylic acids is 1. The van der Waals surface area contributed by atoms with E-state index in [0.717, 1.165) is 37.6 Å². The maximum Gasteiger partial charge on any atom is 0.248 e. The lowest BCUT2D eigenvalue weighted by Crippen LogP contribution is -2.13. The first-order valence-corrected chi connectivity index (χ1v) is 10.0. The van der Waals surface area contributed by atoms with Crippen LogP contribution in [0.4, 0.5) is 0 Å². The Bertz CT molecular complexity index is 944. The second kappa shape index (κ2) is 7.55. The minimum absolute atomic E-state index is 0.0443. The second-order valence-corrected chi connectivity index (χ2v) is 8.45. The molecule has 0 radical (unpaired) electrons. The van der Waals surface area contributed by atoms with Crippen molar-refractivity contribution in [2.75, 3.05) is 0 Å². The average Bonchev–Trinajstić information content (AvgIpc) is 3.14. The molecule has 2 heterocycles. The van der Waals surface area contributed by atoms with Crippen LogP contribution in [0, 0.1) is 13.8 Å². The molecular formula is C19H21N3O2S2. The molecular weight excluding hydrogens is 366 g/mol. The van der Waals surface area contributed by atoms with Gasteiger partial charge in [0.15, 0.2) is 0 Å². The van der Waals surface area contributed by atoms with E-state index >= 15 is 0 Å². The third kappa shape index (κ3) is 4.11. The molecule has 0 bridgehead atoms. The van der Waals surface area contributed by atoms with Crippen LogP contribution in [-0.2, 0) is 6.42 Å². The maximum atomic E-state index is 11.5. The zero-order valence-corrected chi connectivity index (χ0v) is 16.8. The lowest BCUT2D eigenvalue weighted by Gasteiger charge is -2.14. The predicted octanol–water partition coefficient (Wildman–Crippen LogP) is 4.36. The van der Waals surface area contributed by atoms with Crippen molar-refractivity contribution in [2.24, 2.45) is 5.73 Å². The summed E-state index contributed by atoms with van der Waals surface area (Å²) < 4.78 is 5.88. The van der Waals surface area contributed by atoms with E-state index in [9.17, 15) is 4.79 Å². The minimum atomic E-state index is -0.446. The summed E-state index contributed by atoms with van der Waals surface area (Å²) in [7, 11) is 0. The Kier molecular flexibility index (Phi) is 5.38. The molecule has 3 rings (SSSR count). The first-order valence-electron chi connectivity index (χ1n) is 8.31. The van der Waals surface area contributed by atoms with Gasteiger partial charge in [-0.25, -0.2) is 9.97 Å². The smallest absolute Gasteiger partial charge is 0.248 e. The zero-order chi connectivity index (χ0) is 18.8. The molecule has 7 heteroatoms. The molecule has 0 unspecified atom stereocenters. The molecule has 1 aromatic carbocycles. The molecule has 26 heavy (non-hydrogen) atoms. The normalized spacial score (nSPS) is 11.1. The molecule has 0 aliphatic carbocycles. The van der Waals surface area contributed by atoms with Crippen LogP contribution in [0.3, 0.4) is 0 Å². The van der Waals surface area contributed by atoms with Crippen LogP contribution >= 0.6 is 22.7 Å². The highest BCUT2D eigenvalue weighted by Crippen LogP contribution is 2.32. The topological polar surface area (TPSA) is 78.1 Å². The summed E-state index contributed by atoms with van der Waals surface area (Å²) in [5, 5.41) is 4.05. The molecule has 5 nitrogen and oxygen atoms in total. The molecule has 1 amide bonds. The Morgan fingerprint density at radius 2 is 2.04 bits per heavy atom. The maximum absolute atomic E-state index is 11.5. The number of primary amides is 1. The van der Waals surface area contributed by atoms with Crippen molar-refractivity contribution in [1.82, 2.24) is 9.97 Å².